The Balaban J connectivity index is 2.73. The third kappa shape index (κ3) is 3.89. The first-order valence-corrected chi connectivity index (χ1v) is 5.25. The van der Waals surface area contributed by atoms with E-state index in [4.69, 9.17) is 4.74 Å². The Labute approximate surface area is 98.0 Å². The summed E-state index contributed by atoms with van der Waals surface area (Å²) in [6, 6.07) is 0.457. The van der Waals surface area contributed by atoms with Gasteiger partial charge in [0.05, 0.1) is 5.60 Å². The molecule has 1 heterocycles. The van der Waals surface area contributed by atoms with Gasteiger partial charge in [-0.3, -0.25) is 0 Å². The Kier molecular flexibility index (Phi) is 4.34. The predicted octanol–water partition coefficient (Wildman–Crippen LogP) is 2.73. The average Bonchev–Trinajstić information content (AvgIpc) is 2.21. The van der Waals surface area contributed by atoms with Crippen molar-refractivity contribution < 1.29 is 17.9 Å². The first-order chi connectivity index (χ1) is 7.85. The van der Waals surface area contributed by atoms with Crippen LogP contribution in [0.2, 0.25) is 0 Å². The van der Waals surface area contributed by atoms with Crippen LogP contribution in [0.1, 0.15) is 20.8 Å². The topological polar surface area (TPSA) is 34.1 Å². The molecule has 0 saturated carbocycles. The quantitative estimate of drug-likeness (QED) is 0.813. The Morgan fingerprint density at radius 3 is 2.53 bits per heavy atom. The molecule has 0 atom stereocenters. The molecule has 0 saturated heterocycles. The number of halogens is 3. The van der Waals surface area contributed by atoms with Crippen LogP contribution < -0.4 is 5.32 Å². The number of pyridine rings is 1. The summed E-state index contributed by atoms with van der Waals surface area (Å²) in [5.41, 5.74) is -0.548. The molecule has 1 rings (SSSR count). The van der Waals surface area contributed by atoms with Gasteiger partial charge < -0.3 is 10.1 Å². The van der Waals surface area contributed by atoms with Gasteiger partial charge in [-0.05, 0) is 20.8 Å². The van der Waals surface area contributed by atoms with Crippen molar-refractivity contribution in [3.8, 4) is 0 Å². The summed E-state index contributed by atoms with van der Waals surface area (Å²) in [5.74, 6) is -3.90. The highest BCUT2D eigenvalue weighted by Gasteiger charge is 2.19. The Morgan fingerprint density at radius 2 is 1.94 bits per heavy atom. The second-order valence-corrected chi connectivity index (χ2v) is 4.14. The maximum Gasteiger partial charge on any atom is 0.251 e. The lowest BCUT2D eigenvalue weighted by atomic mass is 10.1. The third-order valence-corrected chi connectivity index (χ3v) is 2.10. The molecule has 1 aromatic rings. The first kappa shape index (κ1) is 13.8. The maximum atomic E-state index is 13.2. The molecule has 0 spiro atoms. The minimum Gasteiger partial charge on any atom is -0.374 e. The molecule has 0 radical (unpaired) electrons. The van der Waals surface area contributed by atoms with Crippen molar-refractivity contribution in [2.24, 2.45) is 0 Å². The van der Waals surface area contributed by atoms with Gasteiger partial charge in [-0.1, -0.05) is 0 Å². The molecule has 0 aromatic carbocycles. The lowest BCUT2D eigenvalue weighted by Gasteiger charge is -2.25. The number of rotatable bonds is 5. The number of aromatic nitrogens is 1. The summed E-state index contributed by atoms with van der Waals surface area (Å²) in [7, 11) is 0. The Hall–Kier alpha value is -1.30. The number of nitrogens with zero attached hydrogens (tertiary/aromatic N) is 1. The molecule has 0 amide bonds. The normalized spacial score (nSPS) is 11.6. The van der Waals surface area contributed by atoms with Gasteiger partial charge >= 0.3 is 0 Å². The van der Waals surface area contributed by atoms with Gasteiger partial charge in [-0.2, -0.15) is 9.37 Å². The van der Waals surface area contributed by atoms with Gasteiger partial charge in [0, 0.05) is 19.2 Å². The molecule has 0 fully saturated rings. The smallest absolute Gasteiger partial charge is 0.251 e. The van der Waals surface area contributed by atoms with Crippen LogP contribution in [0.15, 0.2) is 6.07 Å². The zero-order chi connectivity index (χ0) is 13.1. The molecule has 1 aromatic heterocycles. The van der Waals surface area contributed by atoms with E-state index in [0.29, 0.717) is 12.7 Å². The molecular weight excluding hydrogens is 233 g/mol. The molecule has 96 valence electrons. The lowest BCUT2D eigenvalue weighted by Crippen LogP contribution is -2.33. The van der Waals surface area contributed by atoms with E-state index in [0.717, 1.165) is 0 Å². The summed E-state index contributed by atoms with van der Waals surface area (Å²) in [4.78, 5) is 3.15. The summed E-state index contributed by atoms with van der Waals surface area (Å²) >= 11 is 0. The molecule has 0 unspecified atom stereocenters. The first-order valence-electron chi connectivity index (χ1n) is 5.25. The molecule has 1 N–H and O–H groups in total. The van der Waals surface area contributed by atoms with E-state index >= 15 is 0 Å². The number of nitrogens with one attached hydrogen (secondary N) is 1. The van der Waals surface area contributed by atoms with Gasteiger partial charge in [-0.25, -0.2) is 8.78 Å². The zero-order valence-electron chi connectivity index (χ0n) is 9.98. The number of ether oxygens (including phenoxy) is 1. The lowest BCUT2D eigenvalue weighted by molar-refractivity contribution is 0.000588. The van der Waals surface area contributed by atoms with Crippen molar-refractivity contribution in [1.82, 2.24) is 4.98 Å². The van der Waals surface area contributed by atoms with Gasteiger partial charge in [0.25, 0.3) is 5.95 Å². The van der Waals surface area contributed by atoms with Gasteiger partial charge in [0.1, 0.15) is 0 Å². The van der Waals surface area contributed by atoms with E-state index in [1.54, 1.807) is 13.8 Å². The van der Waals surface area contributed by atoms with Crippen molar-refractivity contribution in [3.05, 3.63) is 23.6 Å². The minimum atomic E-state index is -1.33. The van der Waals surface area contributed by atoms with E-state index in [2.05, 4.69) is 10.3 Å². The number of anilines is 1. The van der Waals surface area contributed by atoms with Crippen LogP contribution in [-0.4, -0.2) is 23.7 Å². The van der Waals surface area contributed by atoms with Crippen LogP contribution >= 0.6 is 0 Å². The van der Waals surface area contributed by atoms with E-state index in [-0.39, 0.29) is 12.4 Å². The van der Waals surface area contributed by atoms with E-state index in [1.165, 1.54) is 0 Å². The fourth-order valence-electron chi connectivity index (χ4n) is 1.31. The highest BCUT2D eigenvalue weighted by Crippen LogP contribution is 2.16. The van der Waals surface area contributed by atoms with Crippen LogP contribution in [-0.2, 0) is 4.74 Å². The van der Waals surface area contributed by atoms with Crippen LogP contribution in [0.5, 0.6) is 0 Å². The summed E-state index contributed by atoms with van der Waals surface area (Å²) < 4.78 is 44.0. The largest absolute Gasteiger partial charge is 0.374 e. The molecule has 0 aliphatic heterocycles. The Morgan fingerprint density at radius 1 is 1.29 bits per heavy atom. The van der Waals surface area contributed by atoms with Crippen molar-refractivity contribution in [1.29, 1.82) is 0 Å². The maximum absolute atomic E-state index is 13.2. The van der Waals surface area contributed by atoms with Crippen LogP contribution in [0.4, 0.5) is 19.0 Å². The SMILES string of the molecule is CCOC(C)(C)CNc1nc(F)c(F)cc1F. The molecular formula is C11H15F3N2O. The highest BCUT2D eigenvalue weighted by atomic mass is 19.2. The van der Waals surface area contributed by atoms with Crippen LogP contribution in [0, 0.1) is 17.6 Å². The standard InChI is InChI=1S/C11H15F3N2O/c1-4-17-11(2,3)6-15-10-8(13)5-7(12)9(14)16-10/h5H,4,6H2,1-3H3,(H,15,16). The van der Waals surface area contributed by atoms with Gasteiger partial charge in [-0.15, -0.1) is 0 Å². The second kappa shape index (κ2) is 5.35. The Bertz CT molecular complexity index is 397. The number of hydrogen-bond donors (Lipinski definition) is 1. The fraction of sp³-hybridized carbons (Fsp3) is 0.545. The minimum absolute atomic E-state index is 0.232. The summed E-state index contributed by atoms with van der Waals surface area (Å²) in [5, 5.41) is 2.59. The van der Waals surface area contributed by atoms with Crippen molar-refractivity contribution in [2.45, 2.75) is 26.4 Å². The molecule has 17 heavy (non-hydrogen) atoms. The molecule has 0 bridgehead atoms. The molecule has 6 heteroatoms. The van der Waals surface area contributed by atoms with Crippen LogP contribution in [0.3, 0.4) is 0 Å². The molecule has 3 nitrogen and oxygen atoms in total. The van der Waals surface area contributed by atoms with E-state index in [1.807, 2.05) is 6.92 Å². The molecule has 0 aliphatic carbocycles. The van der Waals surface area contributed by atoms with Crippen LogP contribution in [0.25, 0.3) is 0 Å². The molecule has 0 aliphatic rings. The fourth-order valence-corrected chi connectivity index (χ4v) is 1.31. The summed E-state index contributed by atoms with van der Waals surface area (Å²) in [6.45, 7) is 6.15. The van der Waals surface area contributed by atoms with Gasteiger partial charge in [0.2, 0.25) is 0 Å². The van der Waals surface area contributed by atoms with Crippen molar-refractivity contribution >= 4 is 5.82 Å². The summed E-state index contributed by atoms with van der Waals surface area (Å²) in [6.07, 6.45) is 0. The number of hydrogen-bond acceptors (Lipinski definition) is 3. The second-order valence-electron chi connectivity index (χ2n) is 4.14. The average molecular weight is 248 g/mol. The van der Waals surface area contributed by atoms with Gasteiger partial charge in [0.15, 0.2) is 17.5 Å². The predicted molar refractivity (Wildman–Crippen MR) is 58.3 cm³/mol. The highest BCUT2D eigenvalue weighted by molar-refractivity contribution is 5.36. The zero-order valence-corrected chi connectivity index (χ0v) is 9.98. The third-order valence-electron chi connectivity index (χ3n) is 2.10. The van der Waals surface area contributed by atoms with Crippen molar-refractivity contribution in [2.75, 3.05) is 18.5 Å². The van der Waals surface area contributed by atoms with E-state index < -0.39 is 23.2 Å². The van der Waals surface area contributed by atoms with Crippen molar-refractivity contribution in [3.63, 3.8) is 0 Å². The van der Waals surface area contributed by atoms with E-state index in [9.17, 15) is 13.2 Å². The monoisotopic (exact) mass is 248 g/mol.